The Hall–Kier alpha value is -3.20. The molecule has 0 saturated heterocycles. The molecule has 2 rings (SSSR count). The van der Waals surface area contributed by atoms with Gasteiger partial charge in [0.1, 0.15) is 0 Å². The Morgan fingerprint density at radius 2 is 1.75 bits per heavy atom. The highest BCUT2D eigenvalue weighted by atomic mass is 16.6. The Morgan fingerprint density at radius 3 is 2.33 bits per heavy atom. The van der Waals surface area contributed by atoms with Crippen molar-refractivity contribution in [3.05, 3.63) is 75.8 Å². The summed E-state index contributed by atoms with van der Waals surface area (Å²) in [7, 11) is 0. The molecule has 2 aromatic carbocycles. The number of carbonyl (C=O) groups is 1. The summed E-state index contributed by atoms with van der Waals surface area (Å²) in [6.07, 6.45) is 0.929. The molecule has 0 radical (unpaired) electrons. The van der Waals surface area contributed by atoms with Gasteiger partial charge in [0, 0.05) is 30.8 Å². The van der Waals surface area contributed by atoms with Crippen LogP contribution < -0.4 is 0 Å². The highest BCUT2D eigenvalue weighted by Crippen LogP contribution is 2.14. The largest absolute Gasteiger partial charge is 0.337 e. The van der Waals surface area contributed by atoms with Gasteiger partial charge in [-0.2, -0.15) is 5.26 Å². The summed E-state index contributed by atoms with van der Waals surface area (Å²) in [6, 6.07) is 17.3. The van der Waals surface area contributed by atoms with Crippen LogP contribution in [0.3, 0.4) is 0 Å². The summed E-state index contributed by atoms with van der Waals surface area (Å²) in [5.74, 6) is -0.226. The first-order chi connectivity index (χ1) is 11.6. The fourth-order valence-electron chi connectivity index (χ4n) is 2.32. The lowest BCUT2D eigenvalue weighted by atomic mass is 10.1. The number of rotatable bonds is 7. The van der Waals surface area contributed by atoms with Crippen LogP contribution in [0, 0.1) is 21.4 Å². The molecule has 0 aliphatic heterocycles. The molecule has 6 nitrogen and oxygen atoms in total. The molecule has 0 bridgehead atoms. The van der Waals surface area contributed by atoms with E-state index in [1.54, 1.807) is 4.90 Å². The summed E-state index contributed by atoms with van der Waals surface area (Å²) < 4.78 is 0. The number of nitrogens with zero attached hydrogens (tertiary/aromatic N) is 3. The predicted molar refractivity (Wildman–Crippen MR) is 89.4 cm³/mol. The smallest absolute Gasteiger partial charge is 0.269 e. The van der Waals surface area contributed by atoms with Crippen molar-refractivity contribution in [3.63, 3.8) is 0 Å². The number of hydrogen-bond donors (Lipinski definition) is 0. The third-order valence-electron chi connectivity index (χ3n) is 3.62. The maximum absolute atomic E-state index is 12.6. The molecule has 0 atom stereocenters. The normalized spacial score (nSPS) is 9.96. The number of non-ortho nitro benzene ring substituents is 1. The fourth-order valence-corrected chi connectivity index (χ4v) is 2.32. The second kappa shape index (κ2) is 8.44. The van der Waals surface area contributed by atoms with Crippen LogP contribution >= 0.6 is 0 Å². The second-order valence-corrected chi connectivity index (χ2v) is 5.24. The molecular weight excluding hydrogens is 306 g/mol. The molecule has 0 saturated carbocycles. The number of benzene rings is 2. The second-order valence-electron chi connectivity index (χ2n) is 5.24. The predicted octanol–water partition coefficient (Wildman–Crippen LogP) is 3.19. The lowest BCUT2D eigenvalue weighted by Crippen LogP contribution is -2.33. The van der Waals surface area contributed by atoms with Crippen molar-refractivity contribution in [1.29, 1.82) is 5.26 Å². The quantitative estimate of drug-likeness (QED) is 0.578. The van der Waals surface area contributed by atoms with Crippen LogP contribution in [0.1, 0.15) is 22.3 Å². The number of nitro groups is 1. The minimum absolute atomic E-state index is 0.0561. The molecule has 0 aliphatic rings. The summed E-state index contributed by atoms with van der Waals surface area (Å²) >= 11 is 0. The van der Waals surface area contributed by atoms with Gasteiger partial charge in [0.15, 0.2) is 0 Å². The van der Waals surface area contributed by atoms with Crippen molar-refractivity contribution in [3.8, 4) is 6.07 Å². The van der Waals surface area contributed by atoms with Crippen LogP contribution in [0.15, 0.2) is 54.6 Å². The number of nitriles is 1. The van der Waals surface area contributed by atoms with Crippen molar-refractivity contribution in [1.82, 2.24) is 4.90 Å². The molecule has 0 unspecified atom stereocenters. The van der Waals surface area contributed by atoms with E-state index in [9.17, 15) is 14.9 Å². The van der Waals surface area contributed by atoms with Crippen LogP contribution in [0.4, 0.5) is 5.69 Å². The van der Waals surface area contributed by atoms with Crippen molar-refractivity contribution < 1.29 is 9.72 Å². The van der Waals surface area contributed by atoms with E-state index in [4.69, 9.17) is 5.26 Å². The van der Waals surface area contributed by atoms with E-state index in [1.807, 2.05) is 36.4 Å². The molecule has 0 spiro atoms. The highest BCUT2D eigenvalue weighted by Gasteiger charge is 2.16. The summed E-state index contributed by atoms with van der Waals surface area (Å²) in [4.78, 5) is 24.4. The molecule has 122 valence electrons. The van der Waals surface area contributed by atoms with Gasteiger partial charge in [0.25, 0.3) is 11.6 Å². The van der Waals surface area contributed by atoms with Gasteiger partial charge < -0.3 is 4.90 Å². The summed E-state index contributed by atoms with van der Waals surface area (Å²) in [5, 5.41) is 19.5. The van der Waals surface area contributed by atoms with E-state index in [-0.39, 0.29) is 18.0 Å². The fraction of sp³-hybridized carbons (Fsp3) is 0.222. The Labute approximate surface area is 140 Å². The van der Waals surface area contributed by atoms with E-state index in [0.29, 0.717) is 25.1 Å². The maximum Gasteiger partial charge on any atom is 0.269 e. The topological polar surface area (TPSA) is 87.2 Å². The molecule has 6 heteroatoms. The molecule has 2 aromatic rings. The van der Waals surface area contributed by atoms with E-state index < -0.39 is 4.92 Å². The average Bonchev–Trinajstić information content (AvgIpc) is 2.62. The first-order valence-corrected chi connectivity index (χ1v) is 7.56. The number of amides is 1. The first kappa shape index (κ1) is 17.2. The Kier molecular flexibility index (Phi) is 6.03. The van der Waals surface area contributed by atoms with E-state index in [2.05, 4.69) is 0 Å². The average molecular weight is 323 g/mol. The minimum atomic E-state index is -0.503. The Morgan fingerprint density at radius 1 is 1.08 bits per heavy atom. The zero-order valence-electron chi connectivity index (χ0n) is 13.1. The SMILES string of the molecule is N#CCCN(CCc1ccccc1)C(=O)c1ccc([N+](=O)[O-])cc1. The third-order valence-corrected chi connectivity index (χ3v) is 3.62. The lowest BCUT2D eigenvalue weighted by molar-refractivity contribution is -0.384. The molecule has 1 amide bonds. The van der Waals surface area contributed by atoms with Crippen LogP contribution in [-0.2, 0) is 6.42 Å². The molecule has 0 fully saturated rings. The molecule has 0 aliphatic carbocycles. The van der Waals surface area contributed by atoms with Crippen LogP contribution in [-0.4, -0.2) is 28.8 Å². The van der Waals surface area contributed by atoms with Gasteiger partial charge in [0.2, 0.25) is 0 Å². The molecule has 0 N–H and O–H groups in total. The van der Waals surface area contributed by atoms with Gasteiger partial charge in [-0.15, -0.1) is 0 Å². The van der Waals surface area contributed by atoms with Crippen molar-refractivity contribution in [2.24, 2.45) is 0 Å². The van der Waals surface area contributed by atoms with Gasteiger partial charge in [-0.25, -0.2) is 0 Å². The van der Waals surface area contributed by atoms with Crippen molar-refractivity contribution >= 4 is 11.6 Å². The standard InChI is InChI=1S/C18H17N3O3/c19-12-4-13-20(14-11-15-5-2-1-3-6-15)18(22)16-7-9-17(10-8-16)21(23)24/h1-3,5-10H,4,11,13-14H2. The van der Waals surface area contributed by atoms with Gasteiger partial charge >= 0.3 is 0 Å². The molecule has 0 heterocycles. The summed E-state index contributed by atoms with van der Waals surface area (Å²) in [5.41, 5.74) is 1.43. The van der Waals surface area contributed by atoms with Gasteiger partial charge in [-0.1, -0.05) is 30.3 Å². The molecular formula is C18H17N3O3. The number of carbonyl (C=O) groups excluding carboxylic acids is 1. The monoisotopic (exact) mass is 323 g/mol. The van der Waals surface area contributed by atoms with Crippen LogP contribution in [0.25, 0.3) is 0 Å². The highest BCUT2D eigenvalue weighted by molar-refractivity contribution is 5.94. The maximum atomic E-state index is 12.6. The van der Waals surface area contributed by atoms with E-state index in [0.717, 1.165) is 5.56 Å². The van der Waals surface area contributed by atoms with Crippen molar-refractivity contribution in [2.75, 3.05) is 13.1 Å². The lowest BCUT2D eigenvalue weighted by Gasteiger charge is -2.21. The Balaban J connectivity index is 2.09. The summed E-state index contributed by atoms with van der Waals surface area (Å²) in [6.45, 7) is 0.820. The number of hydrogen-bond acceptors (Lipinski definition) is 4. The molecule has 0 aromatic heterocycles. The van der Waals surface area contributed by atoms with Crippen LogP contribution in [0.5, 0.6) is 0 Å². The molecule has 24 heavy (non-hydrogen) atoms. The van der Waals surface area contributed by atoms with Crippen LogP contribution in [0.2, 0.25) is 0 Å². The minimum Gasteiger partial charge on any atom is -0.337 e. The van der Waals surface area contributed by atoms with Gasteiger partial charge in [-0.3, -0.25) is 14.9 Å². The zero-order chi connectivity index (χ0) is 17.4. The Bertz CT molecular complexity index is 736. The van der Waals surface area contributed by atoms with E-state index in [1.165, 1.54) is 24.3 Å². The zero-order valence-corrected chi connectivity index (χ0v) is 13.1. The van der Waals surface area contributed by atoms with Crippen molar-refractivity contribution in [2.45, 2.75) is 12.8 Å². The van der Waals surface area contributed by atoms with Gasteiger partial charge in [0.05, 0.1) is 17.4 Å². The van der Waals surface area contributed by atoms with E-state index >= 15 is 0 Å². The number of nitro benzene ring substituents is 1. The van der Waals surface area contributed by atoms with Gasteiger partial charge in [-0.05, 0) is 24.1 Å². The first-order valence-electron chi connectivity index (χ1n) is 7.56. The third kappa shape index (κ3) is 4.65.